The standard InChI is InChI=1S/C19H23N3O2S.ClH/c1-11-4-5-13(12(2)8-11)9-16(23)21-19-17(18(20)24)14-6-7-22(3)10-15(14)25-19;/h4-5,8H,6-7,9-10H2,1-3H3,(H2,20,24)(H,21,23);1H. The van der Waals surface area contributed by atoms with Crippen LogP contribution in [0.4, 0.5) is 5.00 Å². The van der Waals surface area contributed by atoms with Gasteiger partial charge in [-0.3, -0.25) is 9.59 Å². The van der Waals surface area contributed by atoms with Crippen molar-refractivity contribution in [1.82, 2.24) is 4.90 Å². The molecule has 7 heteroatoms. The fourth-order valence-corrected chi connectivity index (χ4v) is 4.62. The van der Waals surface area contributed by atoms with Crippen LogP contribution in [0.1, 0.15) is 37.5 Å². The lowest BCUT2D eigenvalue weighted by Gasteiger charge is -2.22. The van der Waals surface area contributed by atoms with Crippen LogP contribution in [0.5, 0.6) is 0 Å². The highest BCUT2D eigenvalue weighted by Crippen LogP contribution is 2.36. The van der Waals surface area contributed by atoms with Crippen molar-refractivity contribution in [3.8, 4) is 0 Å². The van der Waals surface area contributed by atoms with Crippen LogP contribution in [0.2, 0.25) is 0 Å². The van der Waals surface area contributed by atoms with Crippen molar-refractivity contribution in [2.45, 2.75) is 33.2 Å². The highest BCUT2D eigenvalue weighted by Gasteiger charge is 2.26. The Morgan fingerprint density at radius 3 is 2.69 bits per heavy atom. The van der Waals surface area contributed by atoms with E-state index in [1.807, 2.05) is 33.0 Å². The molecule has 1 aliphatic heterocycles. The molecule has 0 unspecified atom stereocenters. The lowest BCUT2D eigenvalue weighted by atomic mass is 10.0. The number of carbonyl (C=O) groups excluding carboxylic acids is 2. The Bertz CT molecular complexity index is 848. The second-order valence-electron chi connectivity index (χ2n) is 6.71. The van der Waals surface area contributed by atoms with Crippen LogP contribution in [-0.2, 0) is 24.2 Å². The topological polar surface area (TPSA) is 75.4 Å². The van der Waals surface area contributed by atoms with Crippen LogP contribution in [0.15, 0.2) is 18.2 Å². The monoisotopic (exact) mass is 393 g/mol. The van der Waals surface area contributed by atoms with Crippen LogP contribution in [-0.4, -0.2) is 30.3 Å². The molecule has 0 fully saturated rings. The third kappa shape index (κ3) is 4.26. The van der Waals surface area contributed by atoms with Gasteiger partial charge in [0.15, 0.2) is 0 Å². The lowest BCUT2D eigenvalue weighted by Crippen LogP contribution is -2.27. The second kappa shape index (κ2) is 8.20. The molecule has 0 bridgehead atoms. The predicted octanol–water partition coefficient (Wildman–Crippen LogP) is 3.05. The fraction of sp³-hybridized carbons (Fsp3) is 0.368. The van der Waals surface area contributed by atoms with Gasteiger partial charge in [0.25, 0.3) is 5.91 Å². The van der Waals surface area contributed by atoms with Crippen molar-refractivity contribution >= 4 is 40.6 Å². The number of hydrogen-bond donors (Lipinski definition) is 2. The van der Waals surface area contributed by atoms with Gasteiger partial charge in [-0.15, -0.1) is 23.7 Å². The Labute approximate surface area is 164 Å². The molecule has 1 aromatic carbocycles. The number of nitrogens with zero attached hydrogens (tertiary/aromatic N) is 1. The molecule has 1 aromatic heterocycles. The first kappa shape index (κ1) is 20.4. The number of hydrogen-bond acceptors (Lipinski definition) is 4. The first-order chi connectivity index (χ1) is 11.8. The van der Waals surface area contributed by atoms with E-state index < -0.39 is 5.91 Å². The molecule has 0 radical (unpaired) electrons. The zero-order valence-electron chi connectivity index (χ0n) is 15.2. The van der Waals surface area contributed by atoms with Gasteiger partial charge in [-0.25, -0.2) is 0 Å². The highest BCUT2D eigenvalue weighted by atomic mass is 35.5. The first-order valence-electron chi connectivity index (χ1n) is 8.34. The van der Waals surface area contributed by atoms with Gasteiger partial charge in [-0.1, -0.05) is 23.8 Å². The number of halogens is 1. The van der Waals surface area contributed by atoms with Crippen LogP contribution in [0.3, 0.4) is 0 Å². The molecule has 0 aliphatic carbocycles. The number of rotatable bonds is 4. The summed E-state index contributed by atoms with van der Waals surface area (Å²) in [6.45, 7) is 5.71. The van der Waals surface area contributed by atoms with Gasteiger partial charge in [0.2, 0.25) is 5.91 Å². The van der Waals surface area contributed by atoms with E-state index >= 15 is 0 Å². The molecule has 0 atom stereocenters. The number of anilines is 1. The van der Waals surface area contributed by atoms with Crippen LogP contribution in [0, 0.1) is 13.8 Å². The van der Waals surface area contributed by atoms with Crippen LogP contribution < -0.4 is 11.1 Å². The van der Waals surface area contributed by atoms with Gasteiger partial charge in [-0.05, 0) is 44.0 Å². The summed E-state index contributed by atoms with van der Waals surface area (Å²) in [7, 11) is 2.05. The summed E-state index contributed by atoms with van der Waals surface area (Å²) in [4.78, 5) is 27.8. The summed E-state index contributed by atoms with van der Waals surface area (Å²) < 4.78 is 0. The summed E-state index contributed by atoms with van der Waals surface area (Å²) in [6.07, 6.45) is 1.07. The number of thiophene rings is 1. The van der Waals surface area contributed by atoms with Crippen molar-refractivity contribution in [1.29, 1.82) is 0 Å². The molecular formula is C19H24ClN3O2S. The van der Waals surface area contributed by atoms with Crippen molar-refractivity contribution in [3.63, 3.8) is 0 Å². The average Bonchev–Trinajstić information content (AvgIpc) is 2.86. The van der Waals surface area contributed by atoms with Gasteiger partial charge in [-0.2, -0.15) is 0 Å². The Balaban J connectivity index is 0.00000243. The van der Waals surface area contributed by atoms with E-state index in [0.29, 0.717) is 10.6 Å². The van der Waals surface area contributed by atoms with Gasteiger partial charge >= 0.3 is 0 Å². The minimum absolute atomic E-state index is 0. The molecule has 5 nitrogen and oxygen atoms in total. The molecule has 0 saturated heterocycles. The van der Waals surface area contributed by atoms with E-state index in [9.17, 15) is 9.59 Å². The Morgan fingerprint density at radius 1 is 1.31 bits per heavy atom. The van der Waals surface area contributed by atoms with E-state index in [4.69, 9.17) is 5.73 Å². The minimum atomic E-state index is -0.469. The molecule has 3 N–H and O–H groups in total. The number of carbonyl (C=O) groups is 2. The average molecular weight is 394 g/mol. The van der Waals surface area contributed by atoms with Crippen LogP contribution >= 0.6 is 23.7 Å². The Hall–Kier alpha value is -1.89. The highest BCUT2D eigenvalue weighted by molar-refractivity contribution is 7.17. The maximum atomic E-state index is 12.5. The third-order valence-electron chi connectivity index (χ3n) is 4.60. The number of primary amides is 1. The molecule has 0 spiro atoms. The van der Waals surface area contributed by atoms with E-state index in [1.165, 1.54) is 16.9 Å². The number of likely N-dealkylation sites (N-methyl/N-ethyl adjacent to an activating group) is 1. The fourth-order valence-electron chi connectivity index (χ4n) is 3.27. The number of nitrogens with two attached hydrogens (primary N) is 1. The van der Waals surface area contributed by atoms with Crippen molar-refractivity contribution in [2.24, 2.45) is 5.73 Å². The lowest BCUT2D eigenvalue weighted by molar-refractivity contribution is -0.115. The summed E-state index contributed by atoms with van der Waals surface area (Å²) in [5.74, 6) is -0.592. The molecule has 1 aliphatic rings. The van der Waals surface area contributed by atoms with Crippen molar-refractivity contribution < 1.29 is 9.59 Å². The number of fused-ring (bicyclic) bond motifs is 1. The molecule has 2 amide bonds. The first-order valence-corrected chi connectivity index (χ1v) is 9.15. The largest absolute Gasteiger partial charge is 0.365 e. The quantitative estimate of drug-likeness (QED) is 0.838. The molecular weight excluding hydrogens is 370 g/mol. The maximum Gasteiger partial charge on any atom is 0.251 e. The zero-order valence-corrected chi connectivity index (χ0v) is 16.9. The Morgan fingerprint density at radius 2 is 2.04 bits per heavy atom. The van der Waals surface area contributed by atoms with Crippen LogP contribution in [0.25, 0.3) is 0 Å². The van der Waals surface area contributed by atoms with E-state index in [-0.39, 0.29) is 24.7 Å². The third-order valence-corrected chi connectivity index (χ3v) is 5.73. The number of benzene rings is 1. The molecule has 26 heavy (non-hydrogen) atoms. The predicted molar refractivity (Wildman–Crippen MR) is 108 cm³/mol. The molecule has 3 rings (SSSR count). The van der Waals surface area contributed by atoms with Gasteiger partial charge < -0.3 is 16.0 Å². The van der Waals surface area contributed by atoms with Gasteiger partial charge in [0.1, 0.15) is 5.00 Å². The smallest absolute Gasteiger partial charge is 0.251 e. The molecule has 2 aromatic rings. The number of nitrogens with one attached hydrogen (secondary N) is 1. The van der Waals surface area contributed by atoms with Gasteiger partial charge in [0, 0.05) is 18.0 Å². The van der Waals surface area contributed by atoms with E-state index in [0.717, 1.165) is 41.1 Å². The van der Waals surface area contributed by atoms with Gasteiger partial charge in [0.05, 0.1) is 12.0 Å². The number of amides is 2. The number of aryl methyl sites for hydroxylation is 2. The molecule has 0 saturated carbocycles. The normalized spacial score (nSPS) is 13.7. The SMILES string of the molecule is Cc1ccc(CC(=O)Nc2sc3c(c2C(N)=O)CCN(C)C3)c(C)c1.Cl. The van der Waals surface area contributed by atoms with E-state index in [1.54, 1.807) is 0 Å². The van der Waals surface area contributed by atoms with Crippen molar-refractivity contribution in [2.75, 3.05) is 18.9 Å². The molecule has 140 valence electrons. The second-order valence-corrected chi connectivity index (χ2v) is 7.82. The maximum absolute atomic E-state index is 12.5. The van der Waals surface area contributed by atoms with E-state index in [2.05, 4.69) is 16.3 Å². The summed E-state index contributed by atoms with van der Waals surface area (Å²) in [5.41, 5.74) is 10.3. The summed E-state index contributed by atoms with van der Waals surface area (Å²) in [6, 6.07) is 6.05. The molecule has 2 heterocycles. The zero-order chi connectivity index (χ0) is 18.1. The minimum Gasteiger partial charge on any atom is -0.365 e. The Kier molecular flexibility index (Phi) is 6.44. The summed E-state index contributed by atoms with van der Waals surface area (Å²) >= 11 is 1.47. The summed E-state index contributed by atoms with van der Waals surface area (Å²) in [5, 5.41) is 3.50. The van der Waals surface area contributed by atoms with Crippen molar-refractivity contribution in [3.05, 3.63) is 50.9 Å².